The summed E-state index contributed by atoms with van der Waals surface area (Å²) >= 11 is 8.10. The van der Waals surface area contributed by atoms with E-state index in [-0.39, 0.29) is 10.6 Å². The lowest BCUT2D eigenvalue weighted by atomic mass is 10.1. The SMILES string of the molecule is NC(=O)c1cc(Cl)c(N)cc1OCc1cccc(I)c1. The molecule has 0 radical (unpaired) electrons. The molecule has 0 aromatic heterocycles. The van der Waals surface area contributed by atoms with Crippen LogP contribution in [0.3, 0.4) is 0 Å². The van der Waals surface area contributed by atoms with Gasteiger partial charge in [0.25, 0.3) is 5.91 Å². The van der Waals surface area contributed by atoms with Gasteiger partial charge in [-0.2, -0.15) is 0 Å². The predicted molar refractivity (Wildman–Crippen MR) is 87.9 cm³/mol. The minimum Gasteiger partial charge on any atom is -0.488 e. The molecule has 0 saturated carbocycles. The predicted octanol–water partition coefficient (Wildman–Crippen LogP) is 3.20. The van der Waals surface area contributed by atoms with Crippen molar-refractivity contribution in [3.8, 4) is 5.75 Å². The highest BCUT2D eigenvalue weighted by Gasteiger charge is 2.13. The highest BCUT2D eigenvalue weighted by molar-refractivity contribution is 14.1. The van der Waals surface area contributed by atoms with Crippen LogP contribution in [0.2, 0.25) is 5.02 Å². The molecule has 4 nitrogen and oxygen atoms in total. The first-order valence-electron chi connectivity index (χ1n) is 5.73. The summed E-state index contributed by atoms with van der Waals surface area (Å²) in [6, 6.07) is 10.8. The highest BCUT2D eigenvalue weighted by Crippen LogP contribution is 2.29. The van der Waals surface area contributed by atoms with Crippen LogP contribution in [0.5, 0.6) is 5.75 Å². The van der Waals surface area contributed by atoms with Crippen molar-refractivity contribution in [3.63, 3.8) is 0 Å². The van der Waals surface area contributed by atoms with Crippen molar-refractivity contribution in [2.45, 2.75) is 6.61 Å². The number of ether oxygens (including phenoxy) is 1. The number of hydrogen-bond donors (Lipinski definition) is 2. The topological polar surface area (TPSA) is 78.3 Å². The second-order valence-electron chi connectivity index (χ2n) is 4.15. The molecule has 20 heavy (non-hydrogen) atoms. The Bertz CT molecular complexity index is 662. The van der Waals surface area contributed by atoms with Crippen molar-refractivity contribution in [2.75, 3.05) is 5.73 Å². The van der Waals surface area contributed by atoms with Gasteiger partial charge in [-0.25, -0.2) is 0 Å². The largest absolute Gasteiger partial charge is 0.488 e. The Balaban J connectivity index is 2.24. The van der Waals surface area contributed by atoms with E-state index in [1.165, 1.54) is 12.1 Å². The maximum absolute atomic E-state index is 11.4. The molecule has 0 spiro atoms. The molecule has 1 amide bonds. The van der Waals surface area contributed by atoms with Crippen molar-refractivity contribution < 1.29 is 9.53 Å². The third-order valence-corrected chi connectivity index (χ3v) is 3.65. The van der Waals surface area contributed by atoms with E-state index >= 15 is 0 Å². The smallest absolute Gasteiger partial charge is 0.252 e. The molecule has 0 saturated heterocycles. The standard InChI is InChI=1S/C14H12ClIN2O2/c15-11-5-10(14(18)19)13(6-12(11)17)20-7-8-2-1-3-9(16)4-8/h1-6H,7,17H2,(H2,18,19). The molecule has 0 unspecified atom stereocenters. The van der Waals surface area contributed by atoms with Crippen LogP contribution >= 0.6 is 34.2 Å². The molecule has 0 atom stereocenters. The Morgan fingerprint density at radius 2 is 2.05 bits per heavy atom. The normalized spacial score (nSPS) is 10.3. The fourth-order valence-electron chi connectivity index (χ4n) is 1.67. The van der Waals surface area contributed by atoms with Crippen LogP contribution < -0.4 is 16.2 Å². The first kappa shape index (κ1) is 14.9. The van der Waals surface area contributed by atoms with Gasteiger partial charge in [0.05, 0.1) is 16.3 Å². The summed E-state index contributed by atoms with van der Waals surface area (Å²) in [4.78, 5) is 11.4. The molecule has 0 aliphatic rings. The quantitative estimate of drug-likeness (QED) is 0.609. The lowest BCUT2D eigenvalue weighted by Crippen LogP contribution is -2.13. The van der Waals surface area contributed by atoms with Crippen LogP contribution in [-0.4, -0.2) is 5.91 Å². The van der Waals surface area contributed by atoms with Gasteiger partial charge >= 0.3 is 0 Å². The van der Waals surface area contributed by atoms with Gasteiger partial charge in [0.1, 0.15) is 12.4 Å². The molecule has 0 aliphatic heterocycles. The number of hydrogen-bond acceptors (Lipinski definition) is 3. The number of primary amides is 1. The number of carbonyl (C=O) groups excluding carboxylic acids is 1. The highest BCUT2D eigenvalue weighted by atomic mass is 127. The molecule has 0 fully saturated rings. The number of rotatable bonds is 4. The van der Waals surface area contributed by atoms with E-state index in [1.807, 2.05) is 24.3 Å². The Morgan fingerprint density at radius 1 is 1.30 bits per heavy atom. The number of anilines is 1. The van der Waals surface area contributed by atoms with Crippen LogP contribution in [-0.2, 0) is 6.61 Å². The van der Waals surface area contributed by atoms with Crippen molar-refractivity contribution in [1.82, 2.24) is 0 Å². The average Bonchev–Trinajstić information content (AvgIpc) is 2.39. The summed E-state index contributed by atoms with van der Waals surface area (Å²) in [6.45, 7) is 0.318. The second kappa shape index (κ2) is 6.32. The average molecular weight is 403 g/mol. The molecule has 0 aliphatic carbocycles. The first-order chi connectivity index (χ1) is 9.47. The van der Waals surface area contributed by atoms with Crippen LogP contribution in [0.15, 0.2) is 36.4 Å². The van der Waals surface area contributed by atoms with Gasteiger partial charge in [-0.15, -0.1) is 0 Å². The van der Waals surface area contributed by atoms with Gasteiger partial charge in [-0.1, -0.05) is 23.7 Å². The molecule has 2 aromatic rings. The molecular formula is C14H12ClIN2O2. The Morgan fingerprint density at radius 3 is 2.70 bits per heavy atom. The molecule has 4 N–H and O–H groups in total. The summed E-state index contributed by atoms with van der Waals surface area (Å²) in [5, 5.41) is 0.278. The zero-order chi connectivity index (χ0) is 14.7. The van der Waals surface area contributed by atoms with E-state index < -0.39 is 5.91 Å². The lowest BCUT2D eigenvalue weighted by molar-refractivity contribution is 0.0996. The van der Waals surface area contributed by atoms with Gasteiger partial charge in [0.15, 0.2) is 0 Å². The fraction of sp³-hybridized carbons (Fsp3) is 0.0714. The van der Waals surface area contributed by atoms with Crippen LogP contribution in [0.4, 0.5) is 5.69 Å². The van der Waals surface area contributed by atoms with Crippen molar-refractivity contribution in [1.29, 1.82) is 0 Å². The minimum absolute atomic E-state index is 0.217. The first-order valence-corrected chi connectivity index (χ1v) is 7.19. The zero-order valence-corrected chi connectivity index (χ0v) is 13.3. The lowest BCUT2D eigenvalue weighted by Gasteiger charge is -2.11. The minimum atomic E-state index is -0.607. The van der Waals surface area contributed by atoms with Crippen LogP contribution in [0.25, 0.3) is 0 Å². The van der Waals surface area contributed by atoms with Crippen molar-refractivity contribution in [3.05, 3.63) is 56.1 Å². The van der Waals surface area contributed by atoms with E-state index in [1.54, 1.807) is 0 Å². The molecule has 0 heterocycles. The van der Waals surface area contributed by atoms with Gasteiger partial charge in [-0.05, 0) is 46.4 Å². The van der Waals surface area contributed by atoms with Crippen molar-refractivity contribution >= 4 is 45.8 Å². The maximum Gasteiger partial charge on any atom is 0.252 e. The molecule has 104 valence electrons. The molecule has 2 aromatic carbocycles. The summed E-state index contributed by atoms with van der Waals surface area (Å²) in [6.07, 6.45) is 0. The molecule has 6 heteroatoms. The number of nitrogens with two attached hydrogens (primary N) is 2. The van der Waals surface area contributed by atoms with E-state index in [4.69, 9.17) is 27.8 Å². The Kier molecular flexibility index (Phi) is 4.72. The van der Waals surface area contributed by atoms with Gasteiger partial charge in [0, 0.05) is 9.64 Å². The number of benzene rings is 2. The van der Waals surface area contributed by atoms with E-state index in [0.29, 0.717) is 18.0 Å². The number of halogens is 2. The van der Waals surface area contributed by atoms with Crippen LogP contribution in [0.1, 0.15) is 15.9 Å². The van der Waals surface area contributed by atoms with E-state index in [2.05, 4.69) is 22.6 Å². The van der Waals surface area contributed by atoms with Gasteiger partial charge < -0.3 is 16.2 Å². The second-order valence-corrected chi connectivity index (χ2v) is 5.81. The van der Waals surface area contributed by atoms with Gasteiger partial charge in [-0.3, -0.25) is 4.79 Å². The third kappa shape index (κ3) is 3.55. The van der Waals surface area contributed by atoms with E-state index in [0.717, 1.165) is 9.13 Å². The number of amides is 1. The Labute approximate surface area is 135 Å². The summed E-state index contributed by atoms with van der Waals surface area (Å²) in [7, 11) is 0. The molecule has 0 bridgehead atoms. The van der Waals surface area contributed by atoms with Crippen molar-refractivity contribution in [2.24, 2.45) is 5.73 Å². The summed E-state index contributed by atoms with van der Waals surface area (Å²) in [5.74, 6) is -0.275. The molecule has 2 rings (SSSR count). The summed E-state index contributed by atoms with van der Waals surface area (Å²) in [5.41, 5.74) is 12.6. The monoisotopic (exact) mass is 402 g/mol. The van der Waals surface area contributed by atoms with E-state index in [9.17, 15) is 4.79 Å². The van der Waals surface area contributed by atoms with Gasteiger partial charge in [0.2, 0.25) is 0 Å². The maximum atomic E-state index is 11.4. The number of nitrogen functional groups attached to an aromatic ring is 1. The fourth-order valence-corrected chi connectivity index (χ4v) is 2.44. The number of carbonyl (C=O) groups is 1. The van der Waals surface area contributed by atoms with Crippen LogP contribution in [0, 0.1) is 3.57 Å². The Hall–Kier alpha value is -1.47. The summed E-state index contributed by atoms with van der Waals surface area (Å²) < 4.78 is 6.74. The third-order valence-electron chi connectivity index (χ3n) is 2.65. The zero-order valence-electron chi connectivity index (χ0n) is 10.4. The molecular weight excluding hydrogens is 391 g/mol.